The molecule has 0 aliphatic rings. The molecule has 1 aromatic heterocycles. The summed E-state index contributed by atoms with van der Waals surface area (Å²) < 4.78 is 5.69. The second-order valence-corrected chi connectivity index (χ2v) is 3.76. The lowest BCUT2D eigenvalue weighted by Gasteiger charge is -2.04. The van der Waals surface area contributed by atoms with E-state index in [1.54, 1.807) is 0 Å². The molecule has 1 aromatic carbocycles. The van der Waals surface area contributed by atoms with Gasteiger partial charge in [-0.3, -0.25) is 0 Å². The molecule has 2 heteroatoms. The van der Waals surface area contributed by atoms with Crippen molar-refractivity contribution in [2.45, 2.75) is 25.8 Å². The number of hydrogen-bond donors (Lipinski definition) is 1. The van der Waals surface area contributed by atoms with Gasteiger partial charge in [0.05, 0.1) is 6.04 Å². The van der Waals surface area contributed by atoms with Crippen molar-refractivity contribution in [1.82, 2.24) is 0 Å². The largest absolute Gasteiger partial charge is 0.459 e. The van der Waals surface area contributed by atoms with Crippen LogP contribution < -0.4 is 5.73 Å². The van der Waals surface area contributed by atoms with Gasteiger partial charge < -0.3 is 10.2 Å². The monoisotopic (exact) mass is 213 g/mol. The van der Waals surface area contributed by atoms with Crippen molar-refractivity contribution in [3.8, 4) is 11.8 Å². The molecular formula is C14H15NO. The number of benzene rings is 1. The quantitative estimate of drug-likeness (QED) is 0.795. The van der Waals surface area contributed by atoms with Gasteiger partial charge >= 0.3 is 0 Å². The third kappa shape index (κ3) is 2.26. The maximum Gasteiger partial charge on any atom is 0.134 e. The van der Waals surface area contributed by atoms with Crippen molar-refractivity contribution in [3.05, 3.63) is 36.1 Å². The molecule has 1 heterocycles. The molecule has 0 amide bonds. The minimum Gasteiger partial charge on any atom is -0.459 e. The number of hydrogen-bond acceptors (Lipinski definition) is 2. The fourth-order valence-electron chi connectivity index (χ4n) is 1.68. The van der Waals surface area contributed by atoms with E-state index in [4.69, 9.17) is 10.2 Å². The van der Waals surface area contributed by atoms with Crippen molar-refractivity contribution < 1.29 is 4.42 Å². The summed E-state index contributed by atoms with van der Waals surface area (Å²) in [6.45, 7) is 1.84. The van der Waals surface area contributed by atoms with E-state index < -0.39 is 0 Å². The topological polar surface area (TPSA) is 39.2 Å². The molecule has 2 nitrogen and oxygen atoms in total. The Labute approximate surface area is 95.4 Å². The van der Waals surface area contributed by atoms with Crippen molar-refractivity contribution in [2.24, 2.45) is 5.73 Å². The van der Waals surface area contributed by atoms with Gasteiger partial charge in [-0.25, -0.2) is 0 Å². The van der Waals surface area contributed by atoms with Crippen molar-refractivity contribution >= 4 is 11.0 Å². The van der Waals surface area contributed by atoms with Crippen molar-refractivity contribution in [3.63, 3.8) is 0 Å². The molecular weight excluding hydrogens is 198 g/mol. The van der Waals surface area contributed by atoms with E-state index in [1.807, 2.05) is 37.3 Å². The highest BCUT2D eigenvalue weighted by molar-refractivity contribution is 5.77. The Kier molecular flexibility index (Phi) is 3.28. The lowest BCUT2D eigenvalue weighted by molar-refractivity contribution is 0.481. The summed E-state index contributed by atoms with van der Waals surface area (Å²) in [5, 5.41) is 1.11. The molecule has 82 valence electrons. The van der Waals surface area contributed by atoms with Crippen LogP contribution >= 0.6 is 0 Å². The summed E-state index contributed by atoms with van der Waals surface area (Å²) in [7, 11) is 0. The zero-order valence-electron chi connectivity index (χ0n) is 9.36. The SMILES string of the molecule is CC#CCCC(N)c1cc2ccccc2o1. The van der Waals surface area contributed by atoms with Crippen LogP contribution in [0.3, 0.4) is 0 Å². The smallest absolute Gasteiger partial charge is 0.134 e. The maximum atomic E-state index is 6.04. The zero-order chi connectivity index (χ0) is 11.4. The van der Waals surface area contributed by atoms with E-state index in [0.717, 1.165) is 29.6 Å². The molecule has 0 radical (unpaired) electrons. The number of rotatable bonds is 3. The maximum absolute atomic E-state index is 6.04. The Morgan fingerprint density at radius 1 is 1.38 bits per heavy atom. The highest BCUT2D eigenvalue weighted by Gasteiger charge is 2.10. The van der Waals surface area contributed by atoms with Crippen LogP contribution in [-0.2, 0) is 0 Å². The van der Waals surface area contributed by atoms with E-state index in [9.17, 15) is 0 Å². The molecule has 1 unspecified atom stereocenters. The Morgan fingerprint density at radius 3 is 2.94 bits per heavy atom. The van der Waals surface area contributed by atoms with Gasteiger partial charge in [0.25, 0.3) is 0 Å². The third-order valence-electron chi connectivity index (χ3n) is 2.57. The molecule has 2 rings (SSSR count). The normalized spacial score (nSPS) is 12.1. The summed E-state index contributed by atoms with van der Waals surface area (Å²) in [4.78, 5) is 0. The molecule has 2 aromatic rings. The van der Waals surface area contributed by atoms with E-state index in [1.165, 1.54) is 0 Å². The third-order valence-corrected chi connectivity index (χ3v) is 2.57. The molecule has 0 aliphatic carbocycles. The first-order chi connectivity index (χ1) is 7.81. The van der Waals surface area contributed by atoms with E-state index in [-0.39, 0.29) is 6.04 Å². The van der Waals surface area contributed by atoms with Crippen LogP contribution in [-0.4, -0.2) is 0 Å². The first kappa shape index (κ1) is 10.8. The average Bonchev–Trinajstić information content (AvgIpc) is 2.73. The molecule has 0 bridgehead atoms. The summed E-state index contributed by atoms with van der Waals surface area (Å²) in [6.07, 6.45) is 1.65. The molecule has 0 aliphatic heterocycles. The van der Waals surface area contributed by atoms with Gasteiger partial charge in [0.15, 0.2) is 0 Å². The van der Waals surface area contributed by atoms with Gasteiger partial charge in [-0.1, -0.05) is 18.2 Å². The van der Waals surface area contributed by atoms with Crippen LogP contribution in [0, 0.1) is 11.8 Å². The Hall–Kier alpha value is -1.72. The van der Waals surface area contributed by atoms with Crippen LogP contribution in [0.1, 0.15) is 31.6 Å². The van der Waals surface area contributed by atoms with Crippen LogP contribution in [0.25, 0.3) is 11.0 Å². The van der Waals surface area contributed by atoms with Gasteiger partial charge in [0, 0.05) is 11.8 Å². The molecule has 16 heavy (non-hydrogen) atoms. The zero-order valence-corrected chi connectivity index (χ0v) is 9.36. The standard InChI is InChI=1S/C14H15NO/c1-2-3-4-8-12(15)14-10-11-7-5-6-9-13(11)16-14/h5-7,9-10,12H,4,8,15H2,1H3. The van der Waals surface area contributed by atoms with Crippen molar-refractivity contribution in [1.29, 1.82) is 0 Å². The van der Waals surface area contributed by atoms with E-state index in [2.05, 4.69) is 11.8 Å². The molecule has 2 N–H and O–H groups in total. The van der Waals surface area contributed by atoms with E-state index in [0.29, 0.717) is 0 Å². The Bertz CT molecular complexity index is 497. The second kappa shape index (κ2) is 4.87. The van der Waals surface area contributed by atoms with Gasteiger partial charge in [-0.15, -0.1) is 11.8 Å². The lowest BCUT2D eigenvalue weighted by atomic mass is 10.1. The van der Waals surface area contributed by atoms with Crippen LogP contribution in [0.15, 0.2) is 34.7 Å². The summed E-state index contributed by atoms with van der Waals surface area (Å²) in [5.41, 5.74) is 6.94. The summed E-state index contributed by atoms with van der Waals surface area (Å²) >= 11 is 0. The molecule has 0 fully saturated rings. The fraction of sp³-hybridized carbons (Fsp3) is 0.286. The number of nitrogens with two attached hydrogens (primary N) is 1. The molecule has 0 spiro atoms. The van der Waals surface area contributed by atoms with Crippen molar-refractivity contribution in [2.75, 3.05) is 0 Å². The van der Waals surface area contributed by atoms with E-state index >= 15 is 0 Å². The number of fused-ring (bicyclic) bond motifs is 1. The van der Waals surface area contributed by atoms with Gasteiger partial charge in [-0.2, -0.15) is 0 Å². The highest BCUT2D eigenvalue weighted by Crippen LogP contribution is 2.24. The first-order valence-electron chi connectivity index (χ1n) is 5.45. The molecule has 1 atom stereocenters. The summed E-state index contributed by atoms with van der Waals surface area (Å²) in [6, 6.07) is 9.89. The minimum absolute atomic E-state index is 0.0618. The van der Waals surface area contributed by atoms with Crippen LogP contribution in [0.2, 0.25) is 0 Å². The number of para-hydroxylation sites is 1. The minimum atomic E-state index is -0.0618. The first-order valence-corrected chi connectivity index (χ1v) is 5.45. The predicted molar refractivity (Wildman–Crippen MR) is 65.8 cm³/mol. The molecule has 0 saturated carbocycles. The Balaban J connectivity index is 2.15. The second-order valence-electron chi connectivity index (χ2n) is 3.76. The summed E-state index contributed by atoms with van der Waals surface area (Å²) in [5.74, 6) is 6.72. The number of furan rings is 1. The highest BCUT2D eigenvalue weighted by atomic mass is 16.3. The van der Waals surface area contributed by atoms with Gasteiger partial charge in [-0.05, 0) is 25.5 Å². The van der Waals surface area contributed by atoms with Gasteiger partial charge in [0.1, 0.15) is 11.3 Å². The molecule has 0 saturated heterocycles. The Morgan fingerprint density at radius 2 is 2.19 bits per heavy atom. The average molecular weight is 213 g/mol. The fourth-order valence-corrected chi connectivity index (χ4v) is 1.68. The lowest BCUT2D eigenvalue weighted by Crippen LogP contribution is -2.08. The van der Waals surface area contributed by atoms with Crippen LogP contribution in [0.5, 0.6) is 0 Å². The van der Waals surface area contributed by atoms with Gasteiger partial charge in [0.2, 0.25) is 0 Å². The van der Waals surface area contributed by atoms with Crippen LogP contribution in [0.4, 0.5) is 0 Å². The predicted octanol–water partition coefficient (Wildman–Crippen LogP) is 3.24.